The third-order valence-corrected chi connectivity index (χ3v) is 2.98. The van der Waals surface area contributed by atoms with Crippen molar-refractivity contribution in [3.63, 3.8) is 0 Å². The van der Waals surface area contributed by atoms with Crippen LogP contribution in [0.2, 0.25) is 0 Å². The van der Waals surface area contributed by atoms with Gasteiger partial charge in [-0.15, -0.1) is 0 Å². The van der Waals surface area contributed by atoms with E-state index in [1.165, 1.54) is 0 Å². The van der Waals surface area contributed by atoms with Crippen LogP contribution in [0.15, 0.2) is 12.2 Å². The lowest BCUT2D eigenvalue weighted by atomic mass is 9.98. The summed E-state index contributed by atoms with van der Waals surface area (Å²) in [6, 6.07) is 0. The zero-order valence-corrected chi connectivity index (χ0v) is 8.76. The fourth-order valence-corrected chi connectivity index (χ4v) is 1.97. The van der Waals surface area contributed by atoms with Crippen molar-refractivity contribution in [2.75, 3.05) is 13.2 Å². The number of hydrogen-bond acceptors (Lipinski definition) is 4. The van der Waals surface area contributed by atoms with E-state index >= 15 is 0 Å². The Morgan fingerprint density at radius 1 is 1.53 bits per heavy atom. The van der Waals surface area contributed by atoms with Gasteiger partial charge in [-0.3, -0.25) is 4.79 Å². The molecule has 0 aromatic carbocycles. The lowest BCUT2D eigenvalue weighted by Crippen LogP contribution is -2.35. The van der Waals surface area contributed by atoms with E-state index < -0.39 is 12.2 Å². The second kappa shape index (κ2) is 4.43. The van der Waals surface area contributed by atoms with E-state index in [0.717, 1.165) is 0 Å². The van der Waals surface area contributed by atoms with Crippen molar-refractivity contribution in [3.8, 4) is 0 Å². The predicted octanol–water partition coefficient (Wildman–Crippen LogP) is 0.296. The van der Waals surface area contributed by atoms with Gasteiger partial charge in [0.05, 0.1) is 25.4 Å². The van der Waals surface area contributed by atoms with Gasteiger partial charge >= 0.3 is 0 Å². The summed E-state index contributed by atoms with van der Waals surface area (Å²) < 4.78 is 10.7. The minimum Gasteiger partial charge on any atom is -0.390 e. The normalized spacial score (nSPS) is 41.1. The van der Waals surface area contributed by atoms with Crippen LogP contribution in [-0.2, 0) is 14.3 Å². The number of carbonyl (C=O) groups is 1. The van der Waals surface area contributed by atoms with Crippen LogP contribution >= 0.6 is 0 Å². The number of ketones is 1. The first kappa shape index (κ1) is 10.8. The van der Waals surface area contributed by atoms with E-state index in [0.29, 0.717) is 19.6 Å². The number of hydrogen-bond donors (Lipinski definition) is 1. The Balaban J connectivity index is 1.92. The molecule has 2 aliphatic rings. The monoisotopic (exact) mass is 212 g/mol. The van der Waals surface area contributed by atoms with Crippen LogP contribution in [0.1, 0.15) is 13.3 Å². The van der Waals surface area contributed by atoms with Crippen molar-refractivity contribution >= 4 is 5.78 Å². The molecule has 84 valence electrons. The predicted molar refractivity (Wildman–Crippen MR) is 53.4 cm³/mol. The second-order valence-electron chi connectivity index (χ2n) is 4.20. The Bertz CT molecular complexity index is 274. The van der Waals surface area contributed by atoms with Crippen LogP contribution in [0.5, 0.6) is 0 Å². The standard InChI is InChI=1S/C11H16O4/c1-7-6-15-10(11(7)13)5-9-8(12)3-2-4-14-9/h2-3,7,9-11,13H,4-6H2,1H3. The number of rotatable bonds is 2. The molecule has 0 amide bonds. The Morgan fingerprint density at radius 3 is 2.93 bits per heavy atom. The minimum atomic E-state index is -0.479. The molecule has 0 saturated carbocycles. The molecular weight excluding hydrogens is 196 g/mol. The van der Waals surface area contributed by atoms with Gasteiger partial charge in [0.15, 0.2) is 5.78 Å². The molecule has 2 rings (SSSR count). The third-order valence-electron chi connectivity index (χ3n) is 2.98. The zero-order chi connectivity index (χ0) is 10.8. The van der Waals surface area contributed by atoms with E-state index in [4.69, 9.17) is 9.47 Å². The molecule has 0 bridgehead atoms. The van der Waals surface area contributed by atoms with Gasteiger partial charge in [-0.25, -0.2) is 0 Å². The van der Waals surface area contributed by atoms with Gasteiger partial charge in [-0.05, 0) is 6.08 Å². The van der Waals surface area contributed by atoms with Crippen molar-refractivity contribution in [2.45, 2.75) is 31.7 Å². The van der Waals surface area contributed by atoms with Crippen molar-refractivity contribution in [1.29, 1.82) is 0 Å². The number of aliphatic hydroxyl groups is 1. The summed E-state index contributed by atoms with van der Waals surface area (Å²) in [5.41, 5.74) is 0. The SMILES string of the molecule is CC1COC(CC2OCC=CC2=O)C1O. The first-order valence-electron chi connectivity index (χ1n) is 5.30. The maximum atomic E-state index is 11.4. The molecule has 4 atom stereocenters. The van der Waals surface area contributed by atoms with Crippen LogP contribution in [0, 0.1) is 5.92 Å². The van der Waals surface area contributed by atoms with E-state index in [2.05, 4.69) is 0 Å². The average molecular weight is 212 g/mol. The Labute approximate surface area is 88.9 Å². The first-order chi connectivity index (χ1) is 7.18. The molecule has 2 aliphatic heterocycles. The highest BCUT2D eigenvalue weighted by atomic mass is 16.5. The summed E-state index contributed by atoms with van der Waals surface area (Å²) in [4.78, 5) is 11.4. The van der Waals surface area contributed by atoms with E-state index in [1.807, 2.05) is 6.92 Å². The van der Waals surface area contributed by atoms with Crippen molar-refractivity contribution in [3.05, 3.63) is 12.2 Å². The molecular formula is C11H16O4. The summed E-state index contributed by atoms with van der Waals surface area (Å²) in [6.07, 6.45) is 2.51. The minimum absolute atomic E-state index is 0.0309. The van der Waals surface area contributed by atoms with Gasteiger partial charge in [-0.1, -0.05) is 13.0 Å². The molecule has 1 N–H and O–H groups in total. The van der Waals surface area contributed by atoms with E-state index in [-0.39, 0.29) is 17.8 Å². The summed E-state index contributed by atoms with van der Waals surface area (Å²) in [5.74, 6) is 0.112. The smallest absolute Gasteiger partial charge is 0.184 e. The number of aliphatic hydroxyl groups excluding tert-OH is 1. The van der Waals surface area contributed by atoms with Crippen LogP contribution < -0.4 is 0 Å². The maximum Gasteiger partial charge on any atom is 0.184 e. The highest BCUT2D eigenvalue weighted by molar-refractivity contribution is 5.94. The van der Waals surface area contributed by atoms with Gasteiger partial charge in [0.1, 0.15) is 6.10 Å². The second-order valence-corrected chi connectivity index (χ2v) is 4.20. The Hall–Kier alpha value is -0.710. The Kier molecular flexibility index (Phi) is 3.19. The molecule has 2 heterocycles. The first-order valence-corrected chi connectivity index (χ1v) is 5.30. The molecule has 15 heavy (non-hydrogen) atoms. The van der Waals surface area contributed by atoms with Gasteiger partial charge in [-0.2, -0.15) is 0 Å². The molecule has 0 aliphatic carbocycles. The van der Waals surface area contributed by atoms with Crippen molar-refractivity contribution < 1.29 is 19.4 Å². The van der Waals surface area contributed by atoms with E-state index in [9.17, 15) is 9.90 Å². The molecule has 4 unspecified atom stereocenters. The molecule has 4 nitrogen and oxygen atoms in total. The quantitative estimate of drug-likeness (QED) is 0.715. The lowest BCUT2D eigenvalue weighted by molar-refractivity contribution is -0.129. The highest BCUT2D eigenvalue weighted by Crippen LogP contribution is 2.24. The van der Waals surface area contributed by atoms with Gasteiger partial charge < -0.3 is 14.6 Å². The van der Waals surface area contributed by atoms with Gasteiger partial charge in [0, 0.05) is 12.3 Å². The van der Waals surface area contributed by atoms with Gasteiger partial charge in [0.25, 0.3) is 0 Å². The largest absolute Gasteiger partial charge is 0.390 e. The fraction of sp³-hybridized carbons (Fsp3) is 0.727. The van der Waals surface area contributed by atoms with Crippen LogP contribution in [0.3, 0.4) is 0 Å². The Morgan fingerprint density at radius 2 is 2.33 bits per heavy atom. The van der Waals surface area contributed by atoms with Crippen LogP contribution in [-0.4, -0.2) is 42.4 Å². The number of ether oxygens (including phenoxy) is 2. The maximum absolute atomic E-state index is 11.4. The molecule has 0 aromatic rings. The summed E-state index contributed by atoms with van der Waals surface area (Å²) in [7, 11) is 0. The van der Waals surface area contributed by atoms with Crippen molar-refractivity contribution in [1.82, 2.24) is 0 Å². The molecule has 4 heteroatoms. The highest BCUT2D eigenvalue weighted by Gasteiger charge is 2.36. The fourth-order valence-electron chi connectivity index (χ4n) is 1.97. The summed E-state index contributed by atoms with van der Waals surface area (Å²) in [5, 5.41) is 9.76. The van der Waals surface area contributed by atoms with Crippen molar-refractivity contribution in [2.24, 2.45) is 5.92 Å². The summed E-state index contributed by atoms with van der Waals surface area (Å²) in [6.45, 7) is 2.96. The lowest BCUT2D eigenvalue weighted by Gasteiger charge is -2.22. The molecule has 0 spiro atoms. The van der Waals surface area contributed by atoms with Crippen LogP contribution in [0.4, 0.5) is 0 Å². The number of carbonyl (C=O) groups excluding carboxylic acids is 1. The molecule has 1 fully saturated rings. The van der Waals surface area contributed by atoms with Crippen LogP contribution in [0.25, 0.3) is 0 Å². The molecule has 0 radical (unpaired) electrons. The van der Waals surface area contributed by atoms with E-state index in [1.54, 1.807) is 12.2 Å². The van der Waals surface area contributed by atoms with Gasteiger partial charge in [0.2, 0.25) is 0 Å². The molecule has 1 saturated heterocycles. The summed E-state index contributed by atoms with van der Waals surface area (Å²) >= 11 is 0. The zero-order valence-electron chi connectivity index (χ0n) is 8.76. The third kappa shape index (κ3) is 2.27. The topological polar surface area (TPSA) is 55.8 Å². The molecule has 0 aromatic heterocycles. The average Bonchev–Trinajstić information content (AvgIpc) is 2.53.